The summed E-state index contributed by atoms with van der Waals surface area (Å²) in [5.74, 6) is -0.117. The maximum atomic E-state index is 12.5. The second-order valence-electron chi connectivity index (χ2n) is 6.10. The van der Waals surface area contributed by atoms with Crippen molar-refractivity contribution in [3.05, 3.63) is 60.2 Å². The van der Waals surface area contributed by atoms with Gasteiger partial charge in [0.1, 0.15) is 0 Å². The molecule has 0 aliphatic rings. The summed E-state index contributed by atoms with van der Waals surface area (Å²) in [6.45, 7) is 5.15. The molecule has 2 amide bonds. The number of aromatic nitrogens is 4. The monoisotopic (exact) mass is 410 g/mol. The van der Waals surface area contributed by atoms with Crippen LogP contribution >= 0.6 is 11.8 Å². The number of carbonyl (C=O) groups is 2. The summed E-state index contributed by atoms with van der Waals surface area (Å²) >= 11 is 1.24. The largest absolute Gasteiger partial charge is 0.339 e. The Kier molecular flexibility index (Phi) is 6.96. The second kappa shape index (κ2) is 9.83. The average molecular weight is 411 g/mol. The van der Waals surface area contributed by atoms with Crippen molar-refractivity contribution in [2.45, 2.75) is 19.0 Å². The first-order valence-corrected chi connectivity index (χ1v) is 10.3. The third kappa shape index (κ3) is 5.20. The number of carbonyl (C=O) groups excluding carboxylic acids is 2. The van der Waals surface area contributed by atoms with Crippen molar-refractivity contribution in [2.24, 2.45) is 0 Å². The Morgan fingerprint density at radius 2 is 1.83 bits per heavy atom. The van der Waals surface area contributed by atoms with E-state index >= 15 is 0 Å². The number of hydrogen-bond donors (Lipinski definition) is 1. The summed E-state index contributed by atoms with van der Waals surface area (Å²) in [5, 5.41) is 15.0. The highest BCUT2D eigenvalue weighted by Crippen LogP contribution is 2.19. The van der Waals surface area contributed by atoms with E-state index < -0.39 is 0 Å². The van der Waals surface area contributed by atoms with Crippen LogP contribution in [0.2, 0.25) is 0 Å². The molecule has 0 radical (unpaired) electrons. The zero-order valence-corrected chi connectivity index (χ0v) is 17.1. The predicted molar refractivity (Wildman–Crippen MR) is 112 cm³/mol. The van der Waals surface area contributed by atoms with E-state index in [1.807, 2.05) is 44.2 Å². The Morgan fingerprint density at radius 1 is 1.07 bits per heavy atom. The van der Waals surface area contributed by atoms with Gasteiger partial charge in [-0.3, -0.25) is 9.59 Å². The van der Waals surface area contributed by atoms with E-state index in [0.29, 0.717) is 29.5 Å². The molecule has 1 aromatic heterocycles. The number of thioether (sulfide) groups is 1. The number of amides is 2. The van der Waals surface area contributed by atoms with Crippen LogP contribution in [0.3, 0.4) is 0 Å². The standard InChI is InChI=1S/C20H22N6O2S/c1-3-25(4-2)19(28)15-9-8-10-16(13-15)21-18(27)14-29-20-22-23-24-26(20)17-11-6-5-7-12-17/h5-13H,3-4,14H2,1-2H3,(H,21,27). The third-order valence-electron chi connectivity index (χ3n) is 4.22. The van der Waals surface area contributed by atoms with Crippen molar-refractivity contribution in [1.82, 2.24) is 25.1 Å². The van der Waals surface area contributed by atoms with Crippen LogP contribution in [0.1, 0.15) is 24.2 Å². The molecule has 1 heterocycles. The van der Waals surface area contributed by atoms with Crippen molar-refractivity contribution >= 4 is 29.3 Å². The van der Waals surface area contributed by atoms with E-state index in [1.165, 1.54) is 11.8 Å². The van der Waals surface area contributed by atoms with Gasteiger partial charge in [-0.1, -0.05) is 36.0 Å². The molecule has 3 aromatic rings. The molecule has 0 aliphatic heterocycles. The fraction of sp³-hybridized carbons (Fsp3) is 0.250. The summed E-state index contributed by atoms with van der Waals surface area (Å²) in [4.78, 5) is 26.6. The molecule has 0 spiro atoms. The van der Waals surface area contributed by atoms with Crippen LogP contribution in [-0.4, -0.2) is 55.8 Å². The smallest absolute Gasteiger partial charge is 0.253 e. The summed E-state index contributed by atoms with van der Waals surface area (Å²) in [5.41, 5.74) is 1.95. The minimum Gasteiger partial charge on any atom is -0.339 e. The molecule has 3 rings (SSSR count). The van der Waals surface area contributed by atoms with Gasteiger partial charge in [-0.2, -0.15) is 4.68 Å². The third-order valence-corrected chi connectivity index (χ3v) is 5.14. The van der Waals surface area contributed by atoms with Crippen molar-refractivity contribution in [2.75, 3.05) is 24.2 Å². The number of nitrogens with zero attached hydrogens (tertiary/aromatic N) is 5. The van der Waals surface area contributed by atoms with Gasteiger partial charge >= 0.3 is 0 Å². The molecule has 0 aliphatic carbocycles. The van der Waals surface area contributed by atoms with E-state index in [1.54, 1.807) is 33.8 Å². The van der Waals surface area contributed by atoms with Gasteiger partial charge in [0.05, 0.1) is 11.4 Å². The lowest BCUT2D eigenvalue weighted by Crippen LogP contribution is -2.30. The molecule has 9 heteroatoms. The fourth-order valence-corrected chi connectivity index (χ4v) is 3.44. The molecule has 0 unspecified atom stereocenters. The molecule has 0 fully saturated rings. The van der Waals surface area contributed by atoms with Crippen molar-refractivity contribution < 1.29 is 9.59 Å². The van der Waals surface area contributed by atoms with Gasteiger partial charge in [0, 0.05) is 24.3 Å². The van der Waals surface area contributed by atoms with E-state index in [0.717, 1.165) is 5.69 Å². The molecule has 0 atom stereocenters. The number of nitrogens with one attached hydrogen (secondary N) is 1. The lowest BCUT2D eigenvalue weighted by molar-refractivity contribution is -0.113. The highest BCUT2D eigenvalue weighted by Gasteiger charge is 2.14. The Bertz CT molecular complexity index is 972. The van der Waals surface area contributed by atoms with Crippen LogP contribution in [-0.2, 0) is 4.79 Å². The SMILES string of the molecule is CCN(CC)C(=O)c1cccc(NC(=O)CSc2nnnn2-c2ccccc2)c1. The predicted octanol–water partition coefficient (Wildman–Crippen LogP) is 2.88. The van der Waals surface area contributed by atoms with Gasteiger partial charge in [0.25, 0.3) is 5.91 Å². The lowest BCUT2D eigenvalue weighted by atomic mass is 10.1. The molecule has 29 heavy (non-hydrogen) atoms. The maximum Gasteiger partial charge on any atom is 0.253 e. The van der Waals surface area contributed by atoms with Crippen LogP contribution < -0.4 is 5.32 Å². The van der Waals surface area contributed by atoms with Gasteiger partial charge in [-0.05, 0) is 54.6 Å². The van der Waals surface area contributed by atoms with Crippen LogP contribution in [0.25, 0.3) is 5.69 Å². The quantitative estimate of drug-likeness (QED) is 0.574. The second-order valence-corrected chi connectivity index (χ2v) is 7.05. The zero-order valence-electron chi connectivity index (χ0n) is 16.3. The Balaban J connectivity index is 1.62. The van der Waals surface area contributed by atoms with E-state index in [9.17, 15) is 9.59 Å². The minimum atomic E-state index is -0.204. The van der Waals surface area contributed by atoms with Gasteiger partial charge in [0.2, 0.25) is 11.1 Å². The summed E-state index contributed by atoms with van der Waals surface area (Å²) in [6, 6.07) is 16.4. The number of tetrazole rings is 1. The first-order chi connectivity index (χ1) is 14.1. The van der Waals surface area contributed by atoms with Gasteiger partial charge in [-0.25, -0.2) is 0 Å². The summed E-state index contributed by atoms with van der Waals surface area (Å²) in [6.07, 6.45) is 0. The number of anilines is 1. The molecular formula is C20H22N6O2S. The maximum absolute atomic E-state index is 12.5. The summed E-state index contributed by atoms with van der Waals surface area (Å²) in [7, 11) is 0. The number of rotatable bonds is 8. The van der Waals surface area contributed by atoms with E-state index in [4.69, 9.17) is 0 Å². The molecular weight excluding hydrogens is 388 g/mol. The highest BCUT2D eigenvalue weighted by molar-refractivity contribution is 7.99. The van der Waals surface area contributed by atoms with Gasteiger partial charge < -0.3 is 10.2 Å². The molecule has 0 bridgehead atoms. The van der Waals surface area contributed by atoms with Gasteiger partial charge in [0.15, 0.2) is 0 Å². The lowest BCUT2D eigenvalue weighted by Gasteiger charge is -2.19. The molecule has 2 aromatic carbocycles. The van der Waals surface area contributed by atoms with Crippen LogP contribution in [0.15, 0.2) is 59.8 Å². The minimum absolute atomic E-state index is 0.0532. The molecule has 0 saturated carbocycles. The first kappa shape index (κ1) is 20.5. The normalized spacial score (nSPS) is 10.6. The fourth-order valence-electron chi connectivity index (χ4n) is 2.75. The van der Waals surface area contributed by atoms with E-state index in [-0.39, 0.29) is 17.6 Å². The summed E-state index contributed by atoms with van der Waals surface area (Å²) < 4.78 is 1.58. The number of para-hydroxylation sites is 1. The van der Waals surface area contributed by atoms with Crippen LogP contribution in [0.4, 0.5) is 5.69 Å². The van der Waals surface area contributed by atoms with Crippen LogP contribution in [0, 0.1) is 0 Å². The van der Waals surface area contributed by atoms with Crippen molar-refractivity contribution in [3.63, 3.8) is 0 Å². The Labute approximate surface area is 173 Å². The van der Waals surface area contributed by atoms with Gasteiger partial charge in [-0.15, -0.1) is 5.10 Å². The molecule has 150 valence electrons. The topological polar surface area (TPSA) is 93.0 Å². The zero-order chi connectivity index (χ0) is 20.6. The van der Waals surface area contributed by atoms with Crippen molar-refractivity contribution in [3.8, 4) is 5.69 Å². The van der Waals surface area contributed by atoms with Crippen LogP contribution in [0.5, 0.6) is 0 Å². The Hall–Kier alpha value is -3.20. The molecule has 0 saturated heterocycles. The first-order valence-electron chi connectivity index (χ1n) is 9.28. The molecule has 1 N–H and O–H groups in total. The number of hydrogen-bond acceptors (Lipinski definition) is 6. The highest BCUT2D eigenvalue weighted by atomic mass is 32.2. The molecule has 8 nitrogen and oxygen atoms in total. The van der Waals surface area contributed by atoms with E-state index in [2.05, 4.69) is 20.8 Å². The Morgan fingerprint density at radius 3 is 2.55 bits per heavy atom. The number of benzene rings is 2. The average Bonchev–Trinajstić information content (AvgIpc) is 3.22. The van der Waals surface area contributed by atoms with Crippen molar-refractivity contribution in [1.29, 1.82) is 0 Å².